The summed E-state index contributed by atoms with van der Waals surface area (Å²) in [6.45, 7) is 5.62. The van der Waals surface area contributed by atoms with Crippen molar-refractivity contribution in [2.75, 3.05) is 6.54 Å². The van der Waals surface area contributed by atoms with Gasteiger partial charge in [0.15, 0.2) is 0 Å². The molecule has 2 aromatic rings. The van der Waals surface area contributed by atoms with Gasteiger partial charge in [-0.2, -0.15) is 0 Å². The molecule has 1 N–H and O–H groups in total. The monoisotopic (exact) mass is 240 g/mol. The van der Waals surface area contributed by atoms with Gasteiger partial charge in [-0.15, -0.1) is 0 Å². The molecule has 1 aromatic heterocycles. The second kappa shape index (κ2) is 4.36. The van der Waals surface area contributed by atoms with Crippen molar-refractivity contribution in [2.24, 2.45) is 0 Å². The summed E-state index contributed by atoms with van der Waals surface area (Å²) in [4.78, 5) is 4.35. The molecule has 1 aromatic carbocycles. The molecule has 2 heterocycles. The molecule has 1 unspecified atom stereocenters. The third-order valence-electron chi connectivity index (χ3n) is 4.23. The lowest BCUT2D eigenvalue weighted by Crippen LogP contribution is -2.32. The molecule has 1 aliphatic rings. The molecule has 94 valence electrons. The van der Waals surface area contributed by atoms with Crippen LogP contribution >= 0.6 is 0 Å². The number of nitrogens with one attached hydrogen (secondary N) is 1. The van der Waals surface area contributed by atoms with E-state index in [-0.39, 0.29) is 5.54 Å². The van der Waals surface area contributed by atoms with E-state index in [0.717, 1.165) is 13.0 Å². The first kappa shape index (κ1) is 11.7. The number of hydrogen-bond donors (Lipinski definition) is 1. The van der Waals surface area contributed by atoms with E-state index < -0.39 is 0 Å². The minimum atomic E-state index is 0.149. The maximum atomic E-state index is 4.35. The Morgan fingerprint density at radius 3 is 2.94 bits per heavy atom. The van der Waals surface area contributed by atoms with Gasteiger partial charge in [0.25, 0.3) is 0 Å². The Hall–Kier alpha value is -1.41. The topological polar surface area (TPSA) is 24.9 Å². The van der Waals surface area contributed by atoms with Crippen LogP contribution in [0.5, 0.6) is 0 Å². The van der Waals surface area contributed by atoms with E-state index in [0.29, 0.717) is 0 Å². The highest BCUT2D eigenvalue weighted by atomic mass is 15.0. The average Bonchev–Trinajstić information content (AvgIpc) is 2.85. The van der Waals surface area contributed by atoms with Crippen LogP contribution in [-0.2, 0) is 12.0 Å². The molecular weight excluding hydrogens is 220 g/mol. The normalized spacial score (nSPS) is 23.7. The van der Waals surface area contributed by atoms with Gasteiger partial charge in [-0.3, -0.25) is 4.98 Å². The van der Waals surface area contributed by atoms with Gasteiger partial charge >= 0.3 is 0 Å². The molecule has 1 saturated heterocycles. The molecule has 3 rings (SSSR count). The number of aromatic nitrogens is 1. The number of pyridine rings is 1. The number of rotatable bonds is 2. The van der Waals surface area contributed by atoms with Gasteiger partial charge in [-0.05, 0) is 55.3 Å². The van der Waals surface area contributed by atoms with Crippen molar-refractivity contribution in [1.29, 1.82) is 0 Å². The lowest BCUT2D eigenvalue weighted by atomic mass is 9.89. The van der Waals surface area contributed by atoms with Crippen molar-refractivity contribution in [2.45, 2.75) is 38.6 Å². The lowest BCUT2D eigenvalue weighted by Gasteiger charge is -2.25. The standard InChI is InChI=1S/C16H20N2/c1-3-12-10-17-11-13-9-14(5-6-15(12)13)16(2)7-4-8-18-16/h5-6,9-11,18H,3-4,7-8H2,1-2H3. The van der Waals surface area contributed by atoms with Crippen LogP contribution in [0.15, 0.2) is 30.6 Å². The highest BCUT2D eigenvalue weighted by Crippen LogP contribution is 2.32. The first-order valence-corrected chi connectivity index (χ1v) is 6.85. The van der Waals surface area contributed by atoms with Crippen molar-refractivity contribution in [3.8, 4) is 0 Å². The zero-order chi connectivity index (χ0) is 12.6. The van der Waals surface area contributed by atoms with Crippen LogP contribution in [0.1, 0.15) is 37.8 Å². The summed E-state index contributed by atoms with van der Waals surface area (Å²) < 4.78 is 0. The van der Waals surface area contributed by atoms with Crippen molar-refractivity contribution < 1.29 is 0 Å². The molecule has 0 radical (unpaired) electrons. The van der Waals surface area contributed by atoms with Crippen LogP contribution in [-0.4, -0.2) is 11.5 Å². The molecule has 18 heavy (non-hydrogen) atoms. The van der Waals surface area contributed by atoms with Crippen molar-refractivity contribution in [3.63, 3.8) is 0 Å². The fraction of sp³-hybridized carbons (Fsp3) is 0.438. The lowest BCUT2D eigenvalue weighted by molar-refractivity contribution is 0.435. The predicted molar refractivity (Wildman–Crippen MR) is 75.7 cm³/mol. The number of hydrogen-bond acceptors (Lipinski definition) is 2. The van der Waals surface area contributed by atoms with Gasteiger partial charge < -0.3 is 5.32 Å². The second-order valence-corrected chi connectivity index (χ2v) is 5.45. The third kappa shape index (κ3) is 1.81. The number of fused-ring (bicyclic) bond motifs is 1. The van der Waals surface area contributed by atoms with Crippen LogP contribution < -0.4 is 5.32 Å². The van der Waals surface area contributed by atoms with Crippen LogP contribution in [0.3, 0.4) is 0 Å². The minimum absolute atomic E-state index is 0.149. The highest BCUT2D eigenvalue weighted by Gasteiger charge is 2.29. The Labute approximate surface area is 108 Å². The molecule has 0 spiro atoms. The first-order valence-electron chi connectivity index (χ1n) is 6.85. The Balaban J connectivity index is 2.12. The molecule has 1 atom stereocenters. The number of nitrogens with zero attached hydrogens (tertiary/aromatic N) is 1. The zero-order valence-corrected chi connectivity index (χ0v) is 11.2. The Bertz CT molecular complexity index is 568. The molecule has 0 amide bonds. The van der Waals surface area contributed by atoms with Crippen LogP contribution in [0.2, 0.25) is 0 Å². The van der Waals surface area contributed by atoms with Crippen molar-refractivity contribution in [1.82, 2.24) is 10.3 Å². The maximum Gasteiger partial charge on any atom is 0.0406 e. The summed E-state index contributed by atoms with van der Waals surface area (Å²) in [6.07, 6.45) is 7.49. The second-order valence-electron chi connectivity index (χ2n) is 5.45. The minimum Gasteiger partial charge on any atom is -0.308 e. The third-order valence-corrected chi connectivity index (χ3v) is 4.23. The smallest absolute Gasteiger partial charge is 0.0406 e. The van der Waals surface area contributed by atoms with Crippen molar-refractivity contribution >= 4 is 10.8 Å². The largest absolute Gasteiger partial charge is 0.308 e. The summed E-state index contributed by atoms with van der Waals surface area (Å²) in [6, 6.07) is 6.84. The zero-order valence-electron chi connectivity index (χ0n) is 11.2. The molecule has 0 saturated carbocycles. The molecule has 1 fully saturated rings. The van der Waals surface area contributed by atoms with E-state index in [9.17, 15) is 0 Å². The van der Waals surface area contributed by atoms with Crippen LogP contribution in [0, 0.1) is 0 Å². The van der Waals surface area contributed by atoms with E-state index in [4.69, 9.17) is 0 Å². The molecular formula is C16H20N2. The van der Waals surface area contributed by atoms with E-state index in [2.05, 4.69) is 42.3 Å². The van der Waals surface area contributed by atoms with Gasteiger partial charge in [0.1, 0.15) is 0 Å². The molecule has 1 aliphatic heterocycles. The van der Waals surface area contributed by atoms with E-state index >= 15 is 0 Å². The van der Waals surface area contributed by atoms with Gasteiger partial charge in [0, 0.05) is 23.3 Å². The van der Waals surface area contributed by atoms with Gasteiger partial charge in [-0.1, -0.05) is 19.1 Å². The van der Waals surface area contributed by atoms with E-state index in [1.165, 1.54) is 34.7 Å². The van der Waals surface area contributed by atoms with Crippen LogP contribution in [0.4, 0.5) is 0 Å². The fourth-order valence-electron chi connectivity index (χ4n) is 3.01. The quantitative estimate of drug-likeness (QED) is 0.870. The molecule has 0 aliphatic carbocycles. The summed E-state index contributed by atoms with van der Waals surface area (Å²) >= 11 is 0. The summed E-state index contributed by atoms with van der Waals surface area (Å²) in [7, 11) is 0. The molecule has 2 nitrogen and oxygen atoms in total. The van der Waals surface area contributed by atoms with E-state index in [1.807, 2.05) is 12.4 Å². The highest BCUT2D eigenvalue weighted by molar-refractivity contribution is 5.85. The molecule has 2 heteroatoms. The summed E-state index contributed by atoms with van der Waals surface area (Å²) in [5, 5.41) is 6.23. The van der Waals surface area contributed by atoms with Gasteiger partial charge in [-0.25, -0.2) is 0 Å². The van der Waals surface area contributed by atoms with E-state index in [1.54, 1.807) is 0 Å². The Kier molecular flexibility index (Phi) is 2.83. The first-order chi connectivity index (χ1) is 8.73. The Morgan fingerprint density at radius 2 is 2.22 bits per heavy atom. The SMILES string of the molecule is CCc1cncc2cc(C3(C)CCCN3)ccc12. The molecule has 0 bridgehead atoms. The van der Waals surface area contributed by atoms with Gasteiger partial charge in [0.2, 0.25) is 0 Å². The number of aryl methyl sites for hydroxylation is 1. The summed E-state index contributed by atoms with van der Waals surface area (Å²) in [5.41, 5.74) is 2.88. The Morgan fingerprint density at radius 1 is 1.33 bits per heavy atom. The summed E-state index contributed by atoms with van der Waals surface area (Å²) in [5.74, 6) is 0. The van der Waals surface area contributed by atoms with Gasteiger partial charge in [0.05, 0.1) is 0 Å². The predicted octanol–water partition coefficient (Wildman–Crippen LogP) is 3.40. The average molecular weight is 240 g/mol. The van der Waals surface area contributed by atoms with Crippen LogP contribution in [0.25, 0.3) is 10.8 Å². The maximum absolute atomic E-state index is 4.35. The van der Waals surface area contributed by atoms with Crippen molar-refractivity contribution in [3.05, 3.63) is 41.7 Å². The fourth-order valence-corrected chi connectivity index (χ4v) is 3.01. The number of benzene rings is 1.